The molecule has 0 bridgehead atoms. The number of benzene rings is 2. The lowest BCUT2D eigenvalue weighted by atomic mass is 10.0. The fraction of sp³-hybridized carbons (Fsp3) is 0.167. The van der Waals surface area contributed by atoms with Crippen LogP contribution in [0, 0.1) is 13.8 Å². The summed E-state index contributed by atoms with van der Waals surface area (Å²) in [5, 5.41) is 3.16. The molecule has 0 aliphatic heterocycles. The van der Waals surface area contributed by atoms with Crippen LogP contribution in [0.4, 0.5) is 0 Å². The minimum Gasteiger partial charge on any atom is -0.0834 e. The molecule has 2 heteroatoms. The van der Waals surface area contributed by atoms with Crippen LogP contribution in [0.2, 0.25) is 5.02 Å². The summed E-state index contributed by atoms with van der Waals surface area (Å²) in [6.45, 7) is 4.13. The molecular weight excluding hydrogens is 259 g/mol. The van der Waals surface area contributed by atoms with Crippen molar-refractivity contribution in [3.8, 4) is 0 Å². The van der Waals surface area contributed by atoms with Crippen LogP contribution in [0.1, 0.15) is 11.1 Å². The summed E-state index contributed by atoms with van der Waals surface area (Å²) in [4.78, 5) is 0. The Morgan fingerprint density at radius 1 is 1.00 bits per heavy atom. The molecule has 14 heavy (non-hydrogen) atoms. The summed E-state index contributed by atoms with van der Waals surface area (Å²) in [5.74, 6) is 0. The van der Waals surface area contributed by atoms with Crippen LogP contribution >= 0.6 is 27.5 Å². The summed E-state index contributed by atoms with van der Waals surface area (Å²) in [7, 11) is 0. The predicted molar refractivity (Wildman–Crippen MR) is 66.1 cm³/mol. The smallest absolute Gasteiger partial charge is 0.0517 e. The standard InChI is InChI=1S/C12H10BrCl/c1-7-8(2)12(14)10-6-4-3-5-9(10)11(7)13/h3-6H,1-2H3. The number of hydrogen-bond donors (Lipinski definition) is 0. The highest BCUT2D eigenvalue weighted by atomic mass is 79.9. The molecule has 0 saturated heterocycles. The number of rotatable bonds is 0. The maximum atomic E-state index is 6.28. The fourth-order valence-corrected chi connectivity index (χ4v) is 2.55. The van der Waals surface area contributed by atoms with Gasteiger partial charge in [0, 0.05) is 9.86 Å². The van der Waals surface area contributed by atoms with Gasteiger partial charge in [0.2, 0.25) is 0 Å². The Kier molecular flexibility index (Phi) is 2.54. The Morgan fingerprint density at radius 3 is 2.21 bits per heavy atom. The normalized spacial score (nSPS) is 10.9. The van der Waals surface area contributed by atoms with E-state index in [1.165, 1.54) is 10.9 Å². The van der Waals surface area contributed by atoms with Crippen molar-refractivity contribution in [2.45, 2.75) is 13.8 Å². The van der Waals surface area contributed by atoms with Crippen molar-refractivity contribution in [3.05, 3.63) is 44.9 Å². The molecule has 0 fully saturated rings. The minimum absolute atomic E-state index is 0.862. The summed E-state index contributed by atoms with van der Waals surface area (Å²) in [5.41, 5.74) is 2.37. The quantitative estimate of drug-likeness (QED) is 0.640. The fourth-order valence-electron chi connectivity index (χ4n) is 1.60. The Balaban J connectivity index is 3.02. The zero-order valence-electron chi connectivity index (χ0n) is 8.07. The van der Waals surface area contributed by atoms with E-state index in [1.807, 2.05) is 12.1 Å². The second kappa shape index (κ2) is 3.56. The van der Waals surface area contributed by atoms with Crippen LogP contribution in [0.3, 0.4) is 0 Å². The molecular formula is C12H10BrCl. The van der Waals surface area contributed by atoms with Crippen LogP contribution in [-0.4, -0.2) is 0 Å². The van der Waals surface area contributed by atoms with Crippen LogP contribution < -0.4 is 0 Å². The molecule has 0 aliphatic carbocycles. The molecule has 0 saturated carbocycles. The molecule has 0 aromatic heterocycles. The van der Waals surface area contributed by atoms with Crippen LogP contribution in [-0.2, 0) is 0 Å². The third-order valence-electron chi connectivity index (χ3n) is 2.62. The van der Waals surface area contributed by atoms with Crippen LogP contribution in [0.5, 0.6) is 0 Å². The lowest BCUT2D eigenvalue weighted by molar-refractivity contribution is 1.34. The van der Waals surface area contributed by atoms with E-state index >= 15 is 0 Å². The van der Waals surface area contributed by atoms with Gasteiger partial charge in [0.05, 0.1) is 5.02 Å². The van der Waals surface area contributed by atoms with Crippen molar-refractivity contribution < 1.29 is 0 Å². The van der Waals surface area contributed by atoms with Crippen molar-refractivity contribution >= 4 is 38.3 Å². The largest absolute Gasteiger partial charge is 0.0834 e. The van der Waals surface area contributed by atoms with Gasteiger partial charge in [-0.05, 0) is 46.3 Å². The van der Waals surface area contributed by atoms with E-state index in [9.17, 15) is 0 Å². The Hall–Kier alpha value is -0.530. The zero-order valence-corrected chi connectivity index (χ0v) is 10.4. The van der Waals surface area contributed by atoms with Crippen LogP contribution in [0.25, 0.3) is 10.8 Å². The Labute approximate surface area is 97.0 Å². The molecule has 2 rings (SSSR count). The number of halogens is 2. The third-order valence-corrected chi connectivity index (χ3v) is 4.13. The van der Waals surface area contributed by atoms with Crippen molar-refractivity contribution in [1.29, 1.82) is 0 Å². The maximum absolute atomic E-state index is 6.28. The Morgan fingerprint density at radius 2 is 1.57 bits per heavy atom. The molecule has 0 radical (unpaired) electrons. The number of hydrogen-bond acceptors (Lipinski definition) is 0. The van der Waals surface area contributed by atoms with E-state index in [0.29, 0.717) is 0 Å². The molecule has 0 atom stereocenters. The van der Waals surface area contributed by atoms with Gasteiger partial charge in [-0.3, -0.25) is 0 Å². The van der Waals surface area contributed by atoms with Crippen molar-refractivity contribution in [2.24, 2.45) is 0 Å². The summed E-state index contributed by atoms with van der Waals surface area (Å²) in [6, 6.07) is 8.17. The first-order chi connectivity index (χ1) is 6.63. The SMILES string of the molecule is Cc1c(C)c(Br)c2ccccc2c1Cl. The van der Waals surface area contributed by atoms with E-state index in [4.69, 9.17) is 11.6 Å². The lowest BCUT2D eigenvalue weighted by Crippen LogP contribution is -1.87. The van der Waals surface area contributed by atoms with Crippen LogP contribution in [0.15, 0.2) is 28.7 Å². The van der Waals surface area contributed by atoms with Crippen molar-refractivity contribution in [2.75, 3.05) is 0 Å². The van der Waals surface area contributed by atoms with E-state index in [1.54, 1.807) is 0 Å². The maximum Gasteiger partial charge on any atom is 0.0517 e. The van der Waals surface area contributed by atoms with Gasteiger partial charge in [-0.1, -0.05) is 35.9 Å². The highest BCUT2D eigenvalue weighted by Gasteiger charge is 2.09. The third kappa shape index (κ3) is 1.35. The van der Waals surface area contributed by atoms with Gasteiger partial charge in [-0.2, -0.15) is 0 Å². The Bertz CT molecular complexity index is 457. The highest BCUT2D eigenvalue weighted by Crippen LogP contribution is 2.36. The van der Waals surface area contributed by atoms with Gasteiger partial charge in [0.15, 0.2) is 0 Å². The minimum atomic E-state index is 0.862. The molecule has 2 aromatic rings. The van der Waals surface area contributed by atoms with Crippen molar-refractivity contribution in [3.63, 3.8) is 0 Å². The first kappa shape index (κ1) is 10.0. The van der Waals surface area contributed by atoms with Gasteiger partial charge in [0.25, 0.3) is 0 Å². The van der Waals surface area contributed by atoms with E-state index in [0.717, 1.165) is 20.4 Å². The molecule has 2 aromatic carbocycles. The predicted octanol–water partition coefficient (Wildman–Crippen LogP) is 4.87. The topological polar surface area (TPSA) is 0 Å². The first-order valence-electron chi connectivity index (χ1n) is 4.46. The summed E-state index contributed by atoms with van der Waals surface area (Å²) >= 11 is 9.89. The molecule has 0 unspecified atom stereocenters. The van der Waals surface area contributed by atoms with Gasteiger partial charge < -0.3 is 0 Å². The average Bonchev–Trinajstić information content (AvgIpc) is 2.23. The van der Waals surface area contributed by atoms with Crippen molar-refractivity contribution in [1.82, 2.24) is 0 Å². The summed E-state index contributed by atoms with van der Waals surface area (Å²) in [6.07, 6.45) is 0. The molecule has 0 nitrogen and oxygen atoms in total. The summed E-state index contributed by atoms with van der Waals surface area (Å²) < 4.78 is 1.15. The van der Waals surface area contributed by atoms with E-state index in [-0.39, 0.29) is 0 Å². The van der Waals surface area contributed by atoms with E-state index < -0.39 is 0 Å². The molecule has 0 spiro atoms. The molecule has 0 aliphatic rings. The molecule has 0 amide bonds. The second-order valence-corrected chi connectivity index (χ2v) is 4.59. The van der Waals surface area contributed by atoms with Gasteiger partial charge in [-0.25, -0.2) is 0 Å². The second-order valence-electron chi connectivity index (χ2n) is 3.42. The molecule has 72 valence electrons. The van der Waals surface area contributed by atoms with E-state index in [2.05, 4.69) is 41.9 Å². The lowest BCUT2D eigenvalue weighted by Gasteiger charge is -2.10. The first-order valence-corrected chi connectivity index (χ1v) is 5.63. The molecule has 0 heterocycles. The van der Waals surface area contributed by atoms with Gasteiger partial charge in [0.1, 0.15) is 0 Å². The van der Waals surface area contributed by atoms with Gasteiger partial charge in [-0.15, -0.1) is 0 Å². The number of fused-ring (bicyclic) bond motifs is 1. The molecule has 0 N–H and O–H groups in total. The average molecular weight is 270 g/mol. The monoisotopic (exact) mass is 268 g/mol. The zero-order chi connectivity index (χ0) is 10.3. The van der Waals surface area contributed by atoms with Gasteiger partial charge >= 0.3 is 0 Å². The highest BCUT2D eigenvalue weighted by molar-refractivity contribution is 9.10.